The van der Waals surface area contributed by atoms with Gasteiger partial charge in [-0.05, 0) is 66.2 Å². The maximum absolute atomic E-state index is 14.6. The molecule has 180 valence electrons. The topological polar surface area (TPSA) is 9.23 Å². The van der Waals surface area contributed by atoms with Crippen molar-refractivity contribution in [2.45, 2.75) is 6.42 Å². The lowest BCUT2D eigenvalue weighted by Crippen LogP contribution is -3.00. The van der Waals surface area contributed by atoms with Gasteiger partial charge in [0.2, 0.25) is 0 Å². The second-order valence-corrected chi connectivity index (χ2v) is 12.1. The van der Waals surface area contributed by atoms with Crippen LogP contribution in [0.3, 0.4) is 0 Å². The highest BCUT2D eigenvalue weighted by atomic mass is 79.9. The first kappa shape index (κ1) is 25.8. The molecule has 4 heteroatoms. The molecule has 0 aliphatic heterocycles. The summed E-state index contributed by atoms with van der Waals surface area (Å²) in [6.45, 7) is 0. The third-order valence-electron chi connectivity index (χ3n) is 6.29. The molecule has 0 aromatic heterocycles. The summed E-state index contributed by atoms with van der Waals surface area (Å²) in [5.74, 6) is 0.535. The summed E-state index contributed by atoms with van der Waals surface area (Å²) in [5.41, 5.74) is 1.06. The predicted molar refractivity (Wildman–Crippen MR) is 147 cm³/mol. The van der Waals surface area contributed by atoms with Crippen LogP contribution < -0.4 is 37.6 Å². The van der Waals surface area contributed by atoms with Gasteiger partial charge in [0, 0.05) is 6.42 Å². The largest absolute Gasteiger partial charge is 1.00 e. The van der Waals surface area contributed by atoms with Crippen LogP contribution in [0, 0.1) is 5.82 Å². The Labute approximate surface area is 223 Å². The van der Waals surface area contributed by atoms with Crippen LogP contribution in [0.1, 0.15) is 5.56 Å². The van der Waals surface area contributed by atoms with Crippen LogP contribution in [-0.2, 0) is 6.42 Å². The highest BCUT2D eigenvalue weighted by molar-refractivity contribution is 7.95. The first-order valence-corrected chi connectivity index (χ1v) is 13.8. The molecule has 5 rings (SSSR count). The Morgan fingerprint density at radius 3 is 1.47 bits per heavy atom. The van der Waals surface area contributed by atoms with Gasteiger partial charge in [-0.25, -0.2) is 4.39 Å². The average Bonchev–Trinajstić information content (AvgIpc) is 2.93. The predicted octanol–water partition coefficient (Wildman–Crippen LogP) is 4.16. The van der Waals surface area contributed by atoms with Crippen molar-refractivity contribution in [3.05, 3.63) is 151 Å². The van der Waals surface area contributed by atoms with E-state index in [0.29, 0.717) is 5.75 Å². The highest BCUT2D eigenvalue weighted by Crippen LogP contribution is 2.55. The van der Waals surface area contributed by atoms with E-state index in [9.17, 15) is 4.39 Å². The lowest BCUT2D eigenvalue weighted by molar-refractivity contribution is -0.00000773. The van der Waals surface area contributed by atoms with E-state index in [4.69, 9.17) is 4.74 Å². The molecule has 0 amide bonds. The Morgan fingerprint density at radius 2 is 1.00 bits per heavy atom. The average molecular weight is 557 g/mol. The van der Waals surface area contributed by atoms with Crippen LogP contribution >= 0.6 is 7.26 Å². The summed E-state index contributed by atoms with van der Waals surface area (Å²) in [4.78, 5) is 0. The van der Waals surface area contributed by atoms with Gasteiger partial charge in [-0.1, -0.05) is 78.9 Å². The van der Waals surface area contributed by atoms with Gasteiger partial charge >= 0.3 is 0 Å². The molecule has 5 aromatic rings. The number of halogens is 2. The van der Waals surface area contributed by atoms with Crippen LogP contribution in [0.5, 0.6) is 11.5 Å². The van der Waals surface area contributed by atoms with Gasteiger partial charge in [-0.3, -0.25) is 0 Å². The van der Waals surface area contributed by atoms with Gasteiger partial charge in [0.25, 0.3) is 0 Å². The van der Waals surface area contributed by atoms with Crippen molar-refractivity contribution in [3.63, 3.8) is 0 Å². The van der Waals surface area contributed by atoms with Gasteiger partial charge < -0.3 is 21.7 Å². The van der Waals surface area contributed by atoms with E-state index in [2.05, 4.69) is 91.0 Å². The minimum absolute atomic E-state index is 0. The molecule has 0 fully saturated rings. The number of para-hydroxylation sites is 1. The monoisotopic (exact) mass is 556 g/mol. The molecule has 0 aliphatic rings. The van der Waals surface area contributed by atoms with E-state index < -0.39 is 7.26 Å². The maximum atomic E-state index is 14.6. The van der Waals surface area contributed by atoms with E-state index in [0.717, 1.165) is 18.1 Å². The highest BCUT2D eigenvalue weighted by Gasteiger charge is 2.44. The number of aryl methyl sites for hydroxylation is 1. The quantitative estimate of drug-likeness (QED) is 0.261. The molecule has 5 aromatic carbocycles. The Morgan fingerprint density at radius 1 is 0.556 bits per heavy atom. The summed E-state index contributed by atoms with van der Waals surface area (Å²) >= 11 is 0. The Bertz CT molecular complexity index is 1270. The van der Waals surface area contributed by atoms with Crippen molar-refractivity contribution in [1.29, 1.82) is 0 Å². The normalized spacial score (nSPS) is 10.9. The molecule has 0 spiro atoms. The van der Waals surface area contributed by atoms with Crippen molar-refractivity contribution in [1.82, 2.24) is 0 Å². The van der Waals surface area contributed by atoms with Crippen molar-refractivity contribution < 1.29 is 26.1 Å². The molecule has 1 nitrogen and oxygen atoms in total. The van der Waals surface area contributed by atoms with Crippen LogP contribution in [0.4, 0.5) is 4.39 Å². The molecule has 0 heterocycles. The zero-order valence-corrected chi connectivity index (χ0v) is 22.3. The SMILES string of the molecule is Fc1ccc(CC[P+](c2ccccc2)(c2ccccc2)c2ccccc2)cc1Oc1ccccc1.[Br-]. The number of benzene rings is 5. The molecule has 0 saturated heterocycles. The van der Waals surface area contributed by atoms with Crippen LogP contribution in [0.2, 0.25) is 0 Å². The fourth-order valence-electron chi connectivity index (χ4n) is 4.58. The molecule has 0 unspecified atom stereocenters. The van der Waals surface area contributed by atoms with Crippen LogP contribution in [0.25, 0.3) is 0 Å². The fourth-order valence-corrected chi connectivity index (χ4v) is 8.88. The Hall–Kier alpha value is -3.26. The number of rotatable bonds is 8. The molecule has 0 radical (unpaired) electrons. The maximum Gasteiger partial charge on any atom is 0.165 e. The zero-order valence-electron chi connectivity index (χ0n) is 19.8. The molecule has 0 aliphatic carbocycles. The van der Waals surface area contributed by atoms with E-state index in [1.165, 1.54) is 22.0 Å². The minimum Gasteiger partial charge on any atom is -1.00 e. The van der Waals surface area contributed by atoms with Crippen molar-refractivity contribution in [2.75, 3.05) is 6.16 Å². The van der Waals surface area contributed by atoms with E-state index >= 15 is 0 Å². The number of hydrogen-bond acceptors (Lipinski definition) is 1. The first-order valence-electron chi connectivity index (χ1n) is 11.8. The minimum atomic E-state index is -1.95. The van der Waals surface area contributed by atoms with Gasteiger partial charge in [-0.2, -0.15) is 0 Å². The molecule has 0 N–H and O–H groups in total. The molecular weight excluding hydrogens is 530 g/mol. The second kappa shape index (κ2) is 12.1. The van der Waals surface area contributed by atoms with Gasteiger partial charge in [-0.15, -0.1) is 0 Å². The van der Waals surface area contributed by atoms with Gasteiger partial charge in [0.1, 0.15) is 28.9 Å². The summed E-state index contributed by atoms with van der Waals surface area (Å²) in [6.07, 6.45) is 1.74. The van der Waals surface area contributed by atoms with Crippen LogP contribution in [-0.4, -0.2) is 6.16 Å². The summed E-state index contributed by atoms with van der Waals surface area (Å²) < 4.78 is 20.5. The van der Waals surface area contributed by atoms with Gasteiger partial charge in [0.05, 0.1) is 6.16 Å². The Balaban J connectivity index is 0.00000304. The summed E-state index contributed by atoms with van der Waals surface area (Å²) in [6, 6.07) is 47.1. The Kier molecular flexibility index (Phi) is 8.70. The van der Waals surface area contributed by atoms with E-state index in [-0.39, 0.29) is 28.5 Å². The number of hydrogen-bond donors (Lipinski definition) is 0. The number of ether oxygens (including phenoxy) is 1. The molecule has 0 atom stereocenters. The fraction of sp³-hybridized carbons (Fsp3) is 0.0625. The second-order valence-electron chi connectivity index (χ2n) is 8.47. The van der Waals surface area contributed by atoms with E-state index in [1.807, 2.05) is 42.5 Å². The standard InChI is InChI=1S/C32H27FOP.BrH/c33-31-22-21-26(25-32(31)34-27-13-5-1-6-14-27)23-24-35(28-15-7-2-8-16-28,29-17-9-3-10-18-29)30-19-11-4-12-20-30;/h1-22,25H,23-24H2;1H/q+1;/p-1. The third kappa shape index (κ3) is 5.59. The molecule has 0 saturated carbocycles. The lowest BCUT2D eigenvalue weighted by Gasteiger charge is -2.28. The molecular formula is C32H27BrFOP. The summed E-state index contributed by atoms with van der Waals surface area (Å²) in [7, 11) is -1.95. The van der Waals surface area contributed by atoms with Gasteiger partial charge in [0.15, 0.2) is 11.6 Å². The first-order chi connectivity index (χ1) is 17.3. The zero-order chi connectivity index (χ0) is 23.9. The lowest BCUT2D eigenvalue weighted by atomic mass is 10.1. The third-order valence-corrected chi connectivity index (χ3v) is 10.7. The van der Waals surface area contributed by atoms with Crippen molar-refractivity contribution >= 4 is 23.2 Å². The smallest absolute Gasteiger partial charge is 0.165 e. The summed E-state index contributed by atoms with van der Waals surface area (Å²) in [5, 5.41) is 4.04. The van der Waals surface area contributed by atoms with Crippen molar-refractivity contribution in [3.8, 4) is 11.5 Å². The molecule has 0 bridgehead atoms. The van der Waals surface area contributed by atoms with Crippen molar-refractivity contribution in [2.24, 2.45) is 0 Å². The van der Waals surface area contributed by atoms with E-state index in [1.54, 1.807) is 0 Å². The van der Waals surface area contributed by atoms with Crippen LogP contribution in [0.15, 0.2) is 140 Å². The molecule has 36 heavy (non-hydrogen) atoms.